The minimum absolute atomic E-state index is 0.124. The Morgan fingerprint density at radius 1 is 1.03 bits per heavy atom. The first-order chi connectivity index (χ1) is 17.6. The molecule has 188 valence electrons. The van der Waals surface area contributed by atoms with Crippen molar-refractivity contribution in [3.8, 4) is 5.69 Å². The lowest BCUT2D eigenvalue weighted by Crippen LogP contribution is -2.41. The number of halogens is 5. The highest BCUT2D eigenvalue weighted by Gasteiger charge is 2.19. The van der Waals surface area contributed by atoms with Crippen molar-refractivity contribution in [1.29, 1.82) is 0 Å². The Hall–Kier alpha value is -3.90. The number of anilines is 2. The lowest BCUT2D eigenvalue weighted by atomic mass is 10.2. The number of nitrogens with one attached hydrogen (secondary N) is 1. The van der Waals surface area contributed by atoms with E-state index in [0.29, 0.717) is 27.8 Å². The first-order valence-corrected chi connectivity index (χ1v) is 11.8. The summed E-state index contributed by atoms with van der Waals surface area (Å²) in [6.45, 7) is -0.565. The van der Waals surface area contributed by atoms with E-state index in [-0.39, 0.29) is 22.2 Å². The third-order valence-corrected chi connectivity index (χ3v) is 6.40. The van der Waals surface area contributed by atoms with Crippen LogP contribution in [0.2, 0.25) is 5.02 Å². The lowest BCUT2D eigenvalue weighted by Gasteiger charge is -2.17. The molecule has 0 amide bonds. The standard InChI is InChI=1S/C24H15BrClF3N6O2/c1-33-10-13-6-21(16(25)8-20(13)32-33)30-22-31-23(36)35(15-4-2-3-14(26)7-15)24(37)34(22)11-12-5-18(28)19(29)9-17(12)27/h2-10H,11H2,1H3,(H,30,31,36). The van der Waals surface area contributed by atoms with Gasteiger partial charge in [0.05, 0.1) is 23.4 Å². The maximum absolute atomic E-state index is 14.5. The molecule has 1 N–H and O–H groups in total. The zero-order valence-corrected chi connectivity index (χ0v) is 21.2. The topological polar surface area (TPSA) is 86.7 Å². The van der Waals surface area contributed by atoms with Crippen molar-refractivity contribution >= 4 is 50.1 Å². The van der Waals surface area contributed by atoms with E-state index in [4.69, 9.17) is 11.6 Å². The fourth-order valence-corrected chi connectivity index (χ4v) is 4.42. The van der Waals surface area contributed by atoms with Crippen molar-refractivity contribution in [3.63, 3.8) is 0 Å². The highest BCUT2D eigenvalue weighted by Crippen LogP contribution is 2.30. The summed E-state index contributed by atoms with van der Waals surface area (Å²) in [6, 6.07) is 10.4. The molecule has 0 saturated heterocycles. The predicted octanol–water partition coefficient (Wildman–Crippen LogP) is 4.91. The van der Waals surface area contributed by atoms with Gasteiger partial charge in [0, 0.05) is 39.8 Å². The van der Waals surface area contributed by atoms with Gasteiger partial charge in [-0.15, -0.1) is 0 Å². The number of aromatic nitrogens is 5. The average molecular weight is 592 g/mol. The van der Waals surface area contributed by atoms with Gasteiger partial charge in [0.15, 0.2) is 11.6 Å². The summed E-state index contributed by atoms with van der Waals surface area (Å²) >= 11 is 9.46. The molecule has 0 saturated carbocycles. The maximum Gasteiger partial charge on any atom is 0.359 e. The minimum atomic E-state index is -1.37. The molecule has 0 aliphatic carbocycles. The van der Waals surface area contributed by atoms with E-state index in [1.807, 2.05) is 0 Å². The molecule has 2 heterocycles. The van der Waals surface area contributed by atoms with Crippen LogP contribution in [0.5, 0.6) is 0 Å². The number of hydrogen-bond acceptors (Lipinski definition) is 5. The summed E-state index contributed by atoms with van der Waals surface area (Å²) in [5.74, 6) is -3.99. The van der Waals surface area contributed by atoms with Crippen LogP contribution in [0.3, 0.4) is 0 Å². The molecule has 0 fully saturated rings. The SMILES string of the molecule is Cn1cc2cc(Nc3nc(=O)n(-c4cccc(Cl)c4)c(=O)n3Cc3cc(F)c(F)cc3F)c(Br)cc2n1. The van der Waals surface area contributed by atoms with Crippen LogP contribution in [0, 0.1) is 17.5 Å². The van der Waals surface area contributed by atoms with Crippen LogP contribution in [0.25, 0.3) is 16.6 Å². The second kappa shape index (κ2) is 9.52. The van der Waals surface area contributed by atoms with E-state index in [1.165, 1.54) is 18.2 Å². The van der Waals surface area contributed by atoms with Gasteiger partial charge < -0.3 is 5.32 Å². The normalized spacial score (nSPS) is 11.3. The quantitative estimate of drug-likeness (QED) is 0.294. The molecule has 5 rings (SSSR count). The fourth-order valence-electron chi connectivity index (χ4n) is 3.81. The zero-order chi connectivity index (χ0) is 26.4. The van der Waals surface area contributed by atoms with Crippen LogP contribution in [0.4, 0.5) is 24.8 Å². The van der Waals surface area contributed by atoms with Crippen LogP contribution in [-0.2, 0) is 13.6 Å². The Balaban J connectivity index is 1.70. The van der Waals surface area contributed by atoms with Gasteiger partial charge in [-0.3, -0.25) is 9.25 Å². The summed E-state index contributed by atoms with van der Waals surface area (Å²) in [4.78, 5) is 30.6. The third kappa shape index (κ3) is 4.77. The van der Waals surface area contributed by atoms with Gasteiger partial charge >= 0.3 is 11.4 Å². The second-order valence-electron chi connectivity index (χ2n) is 8.08. The molecule has 8 nitrogen and oxygen atoms in total. The largest absolute Gasteiger partial charge is 0.359 e. The molecule has 0 bridgehead atoms. The highest BCUT2D eigenvalue weighted by atomic mass is 79.9. The summed E-state index contributed by atoms with van der Waals surface area (Å²) < 4.78 is 45.8. The Labute approximate surface area is 219 Å². The van der Waals surface area contributed by atoms with Crippen molar-refractivity contribution in [1.82, 2.24) is 23.9 Å². The molecule has 0 spiro atoms. The molecule has 0 radical (unpaired) electrons. The van der Waals surface area contributed by atoms with Crippen LogP contribution >= 0.6 is 27.5 Å². The lowest BCUT2D eigenvalue weighted by molar-refractivity contribution is 0.487. The summed E-state index contributed by atoms with van der Waals surface area (Å²) in [5, 5.41) is 8.25. The van der Waals surface area contributed by atoms with Gasteiger partial charge in [0.1, 0.15) is 5.82 Å². The van der Waals surface area contributed by atoms with E-state index in [9.17, 15) is 22.8 Å². The summed E-state index contributed by atoms with van der Waals surface area (Å²) in [6.07, 6.45) is 1.77. The molecular formula is C24H15BrClF3N6O2. The monoisotopic (exact) mass is 590 g/mol. The van der Waals surface area contributed by atoms with Crippen LogP contribution in [0.15, 0.2) is 68.8 Å². The average Bonchev–Trinajstić information content (AvgIpc) is 3.18. The summed E-state index contributed by atoms with van der Waals surface area (Å²) in [5.41, 5.74) is -0.942. The van der Waals surface area contributed by atoms with E-state index in [2.05, 4.69) is 31.3 Å². The molecule has 13 heteroatoms. The first-order valence-electron chi connectivity index (χ1n) is 10.6. The predicted molar refractivity (Wildman–Crippen MR) is 136 cm³/mol. The van der Waals surface area contributed by atoms with Gasteiger partial charge in [-0.05, 0) is 52.3 Å². The van der Waals surface area contributed by atoms with Crippen molar-refractivity contribution < 1.29 is 13.2 Å². The maximum atomic E-state index is 14.5. The number of rotatable bonds is 5. The van der Waals surface area contributed by atoms with E-state index in [1.54, 1.807) is 36.1 Å². The molecule has 2 aromatic heterocycles. The van der Waals surface area contributed by atoms with E-state index in [0.717, 1.165) is 14.5 Å². The molecule has 3 aromatic carbocycles. The van der Waals surface area contributed by atoms with Crippen LogP contribution < -0.4 is 16.7 Å². The first kappa shape index (κ1) is 24.8. The number of nitrogens with zero attached hydrogens (tertiary/aromatic N) is 5. The van der Waals surface area contributed by atoms with Gasteiger partial charge in [0.25, 0.3) is 0 Å². The molecule has 0 aliphatic rings. The summed E-state index contributed by atoms with van der Waals surface area (Å²) in [7, 11) is 1.76. The molecule has 0 atom stereocenters. The highest BCUT2D eigenvalue weighted by molar-refractivity contribution is 9.10. The Bertz CT molecular complexity index is 1820. The second-order valence-corrected chi connectivity index (χ2v) is 9.37. The Morgan fingerprint density at radius 3 is 2.54 bits per heavy atom. The zero-order valence-electron chi connectivity index (χ0n) is 18.8. The number of hydrogen-bond donors (Lipinski definition) is 1. The Kier molecular flexibility index (Phi) is 6.38. The fraction of sp³-hybridized carbons (Fsp3) is 0.0833. The minimum Gasteiger partial charge on any atom is -0.324 e. The van der Waals surface area contributed by atoms with Gasteiger partial charge in [0.2, 0.25) is 5.95 Å². The molecule has 37 heavy (non-hydrogen) atoms. The van der Waals surface area contributed by atoms with Crippen molar-refractivity contribution in [2.45, 2.75) is 6.54 Å². The van der Waals surface area contributed by atoms with Crippen LogP contribution in [0.1, 0.15) is 5.56 Å². The molecular weight excluding hydrogens is 577 g/mol. The van der Waals surface area contributed by atoms with Crippen molar-refractivity contribution in [2.75, 3.05) is 5.32 Å². The molecule has 0 unspecified atom stereocenters. The molecule has 5 aromatic rings. The van der Waals surface area contributed by atoms with E-state index >= 15 is 0 Å². The Morgan fingerprint density at radius 2 is 1.78 bits per heavy atom. The van der Waals surface area contributed by atoms with Crippen molar-refractivity contribution in [2.24, 2.45) is 7.05 Å². The van der Waals surface area contributed by atoms with Crippen molar-refractivity contribution in [3.05, 3.63) is 108 Å². The smallest absolute Gasteiger partial charge is 0.324 e. The van der Waals surface area contributed by atoms with Gasteiger partial charge in [-0.25, -0.2) is 27.3 Å². The third-order valence-electron chi connectivity index (χ3n) is 5.51. The van der Waals surface area contributed by atoms with Crippen LogP contribution in [-0.4, -0.2) is 23.9 Å². The number of aryl methyl sites for hydroxylation is 1. The number of benzene rings is 3. The number of fused-ring (bicyclic) bond motifs is 1. The molecule has 0 aliphatic heterocycles. The van der Waals surface area contributed by atoms with Gasteiger partial charge in [-0.1, -0.05) is 17.7 Å². The van der Waals surface area contributed by atoms with E-state index < -0.39 is 35.4 Å². The van der Waals surface area contributed by atoms with Gasteiger partial charge in [-0.2, -0.15) is 10.1 Å².